The Kier molecular flexibility index (Phi) is 2.91. The van der Waals surface area contributed by atoms with Gasteiger partial charge in [0.25, 0.3) is 0 Å². The smallest absolute Gasteiger partial charge is 0.221 e. The molecule has 4 heteroatoms. The molecule has 0 aliphatic heterocycles. The van der Waals surface area contributed by atoms with Crippen LogP contribution in [0.4, 0.5) is 5.95 Å². The molecule has 0 radical (unpaired) electrons. The summed E-state index contributed by atoms with van der Waals surface area (Å²) in [6.45, 7) is 2.04. The number of nitrogens with zero attached hydrogens (tertiary/aromatic N) is 2. The van der Waals surface area contributed by atoms with Gasteiger partial charge in [0.05, 0.1) is 0 Å². The van der Waals surface area contributed by atoms with E-state index in [4.69, 9.17) is 5.73 Å². The molecule has 2 rings (SSSR count). The molecule has 76 valence electrons. The molecular formula is C10H15N3S. The predicted octanol–water partition coefficient (Wildman–Crippen LogP) is 2.40. The van der Waals surface area contributed by atoms with E-state index < -0.39 is 0 Å². The molecule has 1 fully saturated rings. The van der Waals surface area contributed by atoms with Crippen molar-refractivity contribution in [3.8, 4) is 0 Å². The summed E-state index contributed by atoms with van der Waals surface area (Å²) in [5.74, 6) is 0.385. The van der Waals surface area contributed by atoms with Crippen LogP contribution in [0.1, 0.15) is 31.2 Å². The lowest BCUT2D eigenvalue weighted by Gasteiger charge is -2.09. The summed E-state index contributed by atoms with van der Waals surface area (Å²) < 4.78 is 0. The van der Waals surface area contributed by atoms with Gasteiger partial charge in [0.15, 0.2) is 0 Å². The summed E-state index contributed by atoms with van der Waals surface area (Å²) in [5.41, 5.74) is 6.70. The number of hydrogen-bond acceptors (Lipinski definition) is 4. The van der Waals surface area contributed by atoms with Crippen molar-refractivity contribution in [3.63, 3.8) is 0 Å². The van der Waals surface area contributed by atoms with Crippen molar-refractivity contribution < 1.29 is 0 Å². The van der Waals surface area contributed by atoms with Gasteiger partial charge in [-0.05, 0) is 25.3 Å². The predicted molar refractivity (Wildman–Crippen MR) is 59.3 cm³/mol. The van der Waals surface area contributed by atoms with E-state index in [2.05, 4.69) is 9.97 Å². The van der Waals surface area contributed by atoms with Crippen LogP contribution < -0.4 is 5.73 Å². The monoisotopic (exact) mass is 209 g/mol. The Balaban J connectivity index is 2.10. The zero-order chi connectivity index (χ0) is 9.97. The fourth-order valence-corrected chi connectivity index (χ4v) is 2.99. The van der Waals surface area contributed by atoms with E-state index in [1.54, 1.807) is 6.20 Å². The number of nitrogens with two attached hydrogens (primary N) is 1. The highest BCUT2D eigenvalue weighted by atomic mass is 32.2. The summed E-state index contributed by atoms with van der Waals surface area (Å²) >= 11 is 1.86. The highest BCUT2D eigenvalue weighted by Crippen LogP contribution is 2.34. The maximum Gasteiger partial charge on any atom is 0.221 e. The fourth-order valence-electron chi connectivity index (χ4n) is 1.72. The minimum Gasteiger partial charge on any atom is -0.368 e. The Morgan fingerprint density at radius 2 is 2.14 bits per heavy atom. The van der Waals surface area contributed by atoms with Crippen molar-refractivity contribution in [3.05, 3.63) is 11.8 Å². The molecule has 0 aromatic carbocycles. The van der Waals surface area contributed by atoms with E-state index in [1.807, 2.05) is 18.7 Å². The molecule has 1 aromatic rings. The van der Waals surface area contributed by atoms with Crippen LogP contribution in [-0.4, -0.2) is 15.2 Å². The van der Waals surface area contributed by atoms with Crippen molar-refractivity contribution >= 4 is 17.7 Å². The van der Waals surface area contributed by atoms with Crippen molar-refractivity contribution in [2.75, 3.05) is 5.73 Å². The maximum atomic E-state index is 5.57. The number of hydrogen-bond donors (Lipinski definition) is 1. The number of aromatic nitrogens is 2. The second kappa shape index (κ2) is 4.17. The minimum absolute atomic E-state index is 0.385. The van der Waals surface area contributed by atoms with Crippen LogP contribution in [0, 0.1) is 6.92 Å². The summed E-state index contributed by atoms with van der Waals surface area (Å²) in [6.07, 6.45) is 7.15. The molecule has 1 saturated carbocycles. The first kappa shape index (κ1) is 9.77. The van der Waals surface area contributed by atoms with Gasteiger partial charge in [-0.15, -0.1) is 11.8 Å². The number of aryl methyl sites for hydroxylation is 1. The number of thioether (sulfide) groups is 1. The maximum absolute atomic E-state index is 5.57. The first-order valence-corrected chi connectivity index (χ1v) is 5.89. The van der Waals surface area contributed by atoms with Crippen LogP contribution >= 0.6 is 11.8 Å². The van der Waals surface area contributed by atoms with Gasteiger partial charge in [-0.3, -0.25) is 0 Å². The minimum atomic E-state index is 0.385. The molecule has 0 atom stereocenters. The van der Waals surface area contributed by atoms with Gasteiger partial charge in [-0.1, -0.05) is 12.8 Å². The van der Waals surface area contributed by atoms with Crippen molar-refractivity contribution in [1.82, 2.24) is 9.97 Å². The van der Waals surface area contributed by atoms with Gasteiger partial charge in [0.2, 0.25) is 5.95 Å². The van der Waals surface area contributed by atoms with Crippen LogP contribution in [0.2, 0.25) is 0 Å². The topological polar surface area (TPSA) is 51.8 Å². The van der Waals surface area contributed by atoms with Crippen LogP contribution in [0.5, 0.6) is 0 Å². The molecule has 0 amide bonds. The first-order chi connectivity index (χ1) is 6.75. The molecule has 2 N–H and O–H groups in total. The lowest BCUT2D eigenvalue weighted by atomic mass is 10.4. The zero-order valence-electron chi connectivity index (χ0n) is 8.36. The average molecular weight is 209 g/mol. The Morgan fingerprint density at radius 1 is 1.43 bits per heavy atom. The SMILES string of the molecule is Cc1cnc(N)nc1SC1CCCC1. The van der Waals surface area contributed by atoms with Crippen molar-refractivity contribution in [2.45, 2.75) is 42.9 Å². The molecule has 1 aliphatic rings. The highest BCUT2D eigenvalue weighted by molar-refractivity contribution is 7.99. The Bertz CT molecular complexity index is 321. The van der Waals surface area contributed by atoms with Gasteiger partial charge in [-0.25, -0.2) is 9.97 Å². The molecule has 0 saturated heterocycles. The Labute approximate surface area is 88.5 Å². The molecule has 1 aromatic heterocycles. The van der Waals surface area contributed by atoms with Gasteiger partial charge in [0, 0.05) is 11.4 Å². The second-order valence-electron chi connectivity index (χ2n) is 3.74. The zero-order valence-corrected chi connectivity index (χ0v) is 9.18. The molecule has 1 aliphatic carbocycles. The third-order valence-electron chi connectivity index (χ3n) is 2.52. The van der Waals surface area contributed by atoms with E-state index >= 15 is 0 Å². The molecule has 0 spiro atoms. The number of nitrogen functional groups attached to an aromatic ring is 1. The quantitative estimate of drug-likeness (QED) is 0.760. The molecule has 0 bridgehead atoms. The lowest BCUT2D eigenvalue weighted by Crippen LogP contribution is -2.01. The summed E-state index contributed by atoms with van der Waals surface area (Å²) in [7, 11) is 0. The molecule has 1 heterocycles. The second-order valence-corrected chi connectivity index (χ2v) is 5.03. The largest absolute Gasteiger partial charge is 0.368 e. The normalized spacial score (nSPS) is 17.5. The van der Waals surface area contributed by atoms with E-state index in [9.17, 15) is 0 Å². The Hall–Kier alpha value is -0.770. The summed E-state index contributed by atoms with van der Waals surface area (Å²) in [6, 6.07) is 0. The van der Waals surface area contributed by atoms with Crippen molar-refractivity contribution in [1.29, 1.82) is 0 Å². The molecule has 14 heavy (non-hydrogen) atoms. The number of anilines is 1. The Morgan fingerprint density at radius 3 is 2.86 bits per heavy atom. The standard InChI is InChI=1S/C10H15N3S/c1-7-6-12-10(11)13-9(7)14-8-4-2-3-5-8/h6,8H,2-5H2,1H3,(H2,11,12,13). The van der Waals surface area contributed by atoms with Gasteiger partial charge in [-0.2, -0.15) is 0 Å². The fraction of sp³-hybridized carbons (Fsp3) is 0.600. The lowest BCUT2D eigenvalue weighted by molar-refractivity contribution is 0.886. The van der Waals surface area contributed by atoms with E-state index in [0.29, 0.717) is 5.95 Å². The van der Waals surface area contributed by atoms with Gasteiger partial charge in [0.1, 0.15) is 5.03 Å². The third-order valence-corrected chi connectivity index (χ3v) is 3.97. The van der Waals surface area contributed by atoms with E-state index in [1.165, 1.54) is 25.7 Å². The average Bonchev–Trinajstić information content (AvgIpc) is 2.64. The summed E-state index contributed by atoms with van der Waals surface area (Å²) in [4.78, 5) is 8.23. The summed E-state index contributed by atoms with van der Waals surface area (Å²) in [5, 5.41) is 1.80. The molecule has 3 nitrogen and oxygen atoms in total. The third kappa shape index (κ3) is 2.18. The van der Waals surface area contributed by atoms with Crippen LogP contribution in [0.15, 0.2) is 11.2 Å². The van der Waals surface area contributed by atoms with Crippen molar-refractivity contribution in [2.24, 2.45) is 0 Å². The molecule has 0 unspecified atom stereocenters. The van der Waals surface area contributed by atoms with Gasteiger partial charge >= 0.3 is 0 Å². The van der Waals surface area contributed by atoms with E-state index in [-0.39, 0.29) is 0 Å². The number of rotatable bonds is 2. The first-order valence-electron chi connectivity index (χ1n) is 5.01. The van der Waals surface area contributed by atoms with Crippen LogP contribution in [0.3, 0.4) is 0 Å². The van der Waals surface area contributed by atoms with Gasteiger partial charge < -0.3 is 5.73 Å². The molecular weight excluding hydrogens is 194 g/mol. The van der Waals surface area contributed by atoms with Crippen LogP contribution in [-0.2, 0) is 0 Å². The van der Waals surface area contributed by atoms with E-state index in [0.717, 1.165) is 15.8 Å². The van der Waals surface area contributed by atoms with Crippen LogP contribution in [0.25, 0.3) is 0 Å². The highest BCUT2D eigenvalue weighted by Gasteiger charge is 2.17.